The van der Waals surface area contributed by atoms with Crippen molar-refractivity contribution in [2.45, 2.75) is 12.5 Å². The lowest BCUT2D eigenvalue weighted by Crippen LogP contribution is -2.42. The van der Waals surface area contributed by atoms with Gasteiger partial charge in [0.2, 0.25) is 5.91 Å². The molecule has 1 rings (SSSR count). The summed E-state index contributed by atoms with van der Waals surface area (Å²) >= 11 is 0. The van der Waals surface area contributed by atoms with Gasteiger partial charge >= 0.3 is 0 Å². The molecule has 0 aliphatic rings. The molecule has 6 heteroatoms. The number of halogens is 1. The number of nitrogens with two attached hydrogens (primary N) is 1. The Morgan fingerprint density at radius 1 is 1.41 bits per heavy atom. The molecule has 0 aromatic heterocycles. The summed E-state index contributed by atoms with van der Waals surface area (Å²) in [5.74, 6) is -0.946. The van der Waals surface area contributed by atoms with Crippen LogP contribution < -0.4 is 11.1 Å². The van der Waals surface area contributed by atoms with Gasteiger partial charge in [0.05, 0.1) is 6.04 Å². The maximum Gasteiger partial charge on any atom is 0.237 e. The molecule has 1 aromatic rings. The molecule has 0 unspecified atom stereocenters. The average Bonchev–Trinajstić information content (AvgIpc) is 2.30. The zero-order valence-electron chi connectivity index (χ0n) is 9.19. The number of aromatic hydroxyl groups is 2. The summed E-state index contributed by atoms with van der Waals surface area (Å²) in [4.78, 5) is 11.3. The van der Waals surface area contributed by atoms with Crippen LogP contribution in [0.4, 0.5) is 4.39 Å². The maximum atomic E-state index is 11.8. The zero-order valence-corrected chi connectivity index (χ0v) is 9.19. The van der Waals surface area contributed by atoms with E-state index in [4.69, 9.17) is 10.8 Å². The number of hydrogen-bond donors (Lipinski definition) is 4. The van der Waals surface area contributed by atoms with Crippen LogP contribution >= 0.6 is 0 Å². The highest BCUT2D eigenvalue weighted by Crippen LogP contribution is 2.25. The van der Waals surface area contributed by atoms with Gasteiger partial charge in [0.15, 0.2) is 11.5 Å². The minimum atomic E-state index is -0.814. The smallest absolute Gasteiger partial charge is 0.237 e. The van der Waals surface area contributed by atoms with Gasteiger partial charge in [-0.2, -0.15) is 0 Å². The van der Waals surface area contributed by atoms with Crippen LogP contribution in [0, 0.1) is 0 Å². The summed E-state index contributed by atoms with van der Waals surface area (Å²) in [5, 5.41) is 20.7. The molecule has 0 saturated heterocycles. The Morgan fingerprint density at radius 3 is 2.71 bits per heavy atom. The quantitative estimate of drug-likeness (QED) is 0.549. The minimum absolute atomic E-state index is 0.0621. The van der Waals surface area contributed by atoms with Gasteiger partial charge in [-0.05, 0) is 24.1 Å². The van der Waals surface area contributed by atoms with E-state index in [0.29, 0.717) is 5.56 Å². The van der Waals surface area contributed by atoms with E-state index in [9.17, 15) is 14.3 Å². The van der Waals surface area contributed by atoms with E-state index in [1.165, 1.54) is 12.1 Å². The van der Waals surface area contributed by atoms with Crippen molar-refractivity contribution in [2.24, 2.45) is 5.73 Å². The third-order valence-electron chi connectivity index (χ3n) is 2.23. The molecule has 0 radical (unpaired) electrons. The van der Waals surface area contributed by atoms with Crippen LogP contribution in [0.2, 0.25) is 0 Å². The fraction of sp³-hybridized carbons (Fsp3) is 0.364. The van der Waals surface area contributed by atoms with Crippen molar-refractivity contribution in [1.29, 1.82) is 0 Å². The highest BCUT2D eigenvalue weighted by atomic mass is 19.1. The van der Waals surface area contributed by atoms with Crippen LogP contribution in [0.15, 0.2) is 18.2 Å². The molecular formula is C11H15FN2O3. The minimum Gasteiger partial charge on any atom is -0.504 e. The average molecular weight is 242 g/mol. The second-order valence-corrected chi connectivity index (χ2v) is 3.61. The molecule has 17 heavy (non-hydrogen) atoms. The summed E-state index contributed by atoms with van der Waals surface area (Å²) in [7, 11) is 0. The molecule has 0 heterocycles. The predicted octanol–water partition coefficient (Wildman–Crippen LogP) is 0.0533. The van der Waals surface area contributed by atoms with E-state index in [-0.39, 0.29) is 24.5 Å². The normalized spacial score (nSPS) is 12.1. The molecule has 5 nitrogen and oxygen atoms in total. The molecule has 1 aromatic carbocycles. The van der Waals surface area contributed by atoms with Crippen LogP contribution in [0.25, 0.3) is 0 Å². The van der Waals surface area contributed by atoms with E-state index >= 15 is 0 Å². The largest absolute Gasteiger partial charge is 0.504 e. The number of phenolic OH excluding ortho intramolecular Hbond substituents is 2. The second kappa shape index (κ2) is 6.05. The van der Waals surface area contributed by atoms with Crippen molar-refractivity contribution in [2.75, 3.05) is 13.2 Å². The summed E-state index contributed by atoms with van der Waals surface area (Å²) in [5.41, 5.74) is 6.21. The van der Waals surface area contributed by atoms with Crippen LogP contribution in [0.1, 0.15) is 5.56 Å². The van der Waals surface area contributed by atoms with Gasteiger partial charge in [-0.1, -0.05) is 6.07 Å². The Labute approximate surface area is 98.1 Å². The van der Waals surface area contributed by atoms with Crippen molar-refractivity contribution < 1.29 is 19.4 Å². The number of hydrogen-bond acceptors (Lipinski definition) is 4. The maximum absolute atomic E-state index is 11.8. The summed E-state index contributed by atoms with van der Waals surface area (Å²) < 4.78 is 11.8. The Morgan fingerprint density at radius 2 is 2.12 bits per heavy atom. The molecule has 0 saturated carbocycles. The number of rotatable bonds is 5. The summed E-state index contributed by atoms with van der Waals surface area (Å²) in [6.45, 7) is -0.703. The molecule has 94 valence electrons. The van der Waals surface area contributed by atoms with E-state index in [2.05, 4.69) is 5.32 Å². The fourth-order valence-electron chi connectivity index (χ4n) is 1.34. The molecule has 0 aliphatic heterocycles. The van der Waals surface area contributed by atoms with Gasteiger partial charge in [0, 0.05) is 6.54 Å². The van der Waals surface area contributed by atoms with Crippen LogP contribution in [-0.4, -0.2) is 35.4 Å². The van der Waals surface area contributed by atoms with Crippen molar-refractivity contribution in [3.8, 4) is 11.5 Å². The Kier molecular flexibility index (Phi) is 4.71. The van der Waals surface area contributed by atoms with Crippen molar-refractivity contribution in [3.05, 3.63) is 23.8 Å². The first-order valence-corrected chi connectivity index (χ1v) is 5.14. The number of nitrogens with one attached hydrogen (secondary N) is 1. The Bertz CT molecular complexity index is 398. The zero-order chi connectivity index (χ0) is 12.8. The third kappa shape index (κ3) is 3.92. The number of amides is 1. The van der Waals surface area contributed by atoms with Gasteiger partial charge in [-0.3, -0.25) is 4.79 Å². The molecule has 1 amide bonds. The number of carbonyl (C=O) groups excluding carboxylic acids is 1. The van der Waals surface area contributed by atoms with Crippen LogP contribution in [0.3, 0.4) is 0 Å². The molecule has 1 atom stereocenters. The number of phenols is 2. The lowest BCUT2D eigenvalue weighted by Gasteiger charge is -2.11. The van der Waals surface area contributed by atoms with Gasteiger partial charge < -0.3 is 21.3 Å². The van der Waals surface area contributed by atoms with Gasteiger partial charge in [0.25, 0.3) is 0 Å². The molecule has 0 fully saturated rings. The van der Waals surface area contributed by atoms with E-state index in [1.807, 2.05) is 0 Å². The van der Waals surface area contributed by atoms with Crippen molar-refractivity contribution >= 4 is 5.91 Å². The monoisotopic (exact) mass is 242 g/mol. The highest BCUT2D eigenvalue weighted by molar-refractivity contribution is 5.81. The first-order chi connectivity index (χ1) is 8.04. The molecule has 0 bridgehead atoms. The standard InChI is InChI=1S/C11H15FN2O3/c12-3-4-14-11(17)8(13)5-7-1-2-9(15)10(16)6-7/h1-2,6,8,15-16H,3-5,13H2,(H,14,17)/t8-/m0/s1. The predicted molar refractivity (Wildman–Crippen MR) is 60.4 cm³/mol. The number of alkyl halides is 1. The Balaban J connectivity index is 2.58. The molecule has 0 aliphatic carbocycles. The van der Waals surface area contributed by atoms with Crippen LogP contribution in [-0.2, 0) is 11.2 Å². The van der Waals surface area contributed by atoms with Gasteiger partial charge in [0.1, 0.15) is 6.67 Å². The fourth-order valence-corrected chi connectivity index (χ4v) is 1.34. The second-order valence-electron chi connectivity index (χ2n) is 3.61. The van der Waals surface area contributed by atoms with Crippen molar-refractivity contribution in [3.63, 3.8) is 0 Å². The molecule has 0 spiro atoms. The SMILES string of the molecule is N[C@@H](Cc1ccc(O)c(O)c1)C(=O)NCCF. The topological polar surface area (TPSA) is 95.6 Å². The first kappa shape index (κ1) is 13.2. The van der Waals surface area contributed by atoms with E-state index in [0.717, 1.165) is 0 Å². The first-order valence-electron chi connectivity index (χ1n) is 5.14. The van der Waals surface area contributed by atoms with E-state index < -0.39 is 18.6 Å². The Hall–Kier alpha value is -1.82. The lowest BCUT2D eigenvalue weighted by atomic mass is 10.1. The van der Waals surface area contributed by atoms with Gasteiger partial charge in [-0.15, -0.1) is 0 Å². The van der Waals surface area contributed by atoms with Crippen molar-refractivity contribution in [1.82, 2.24) is 5.32 Å². The highest BCUT2D eigenvalue weighted by Gasteiger charge is 2.14. The number of carbonyl (C=O) groups is 1. The third-order valence-corrected chi connectivity index (χ3v) is 2.23. The number of benzene rings is 1. The van der Waals surface area contributed by atoms with E-state index in [1.54, 1.807) is 6.07 Å². The van der Waals surface area contributed by atoms with Crippen LogP contribution in [0.5, 0.6) is 11.5 Å². The summed E-state index contributed by atoms with van der Waals surface area (Å²) in [6.07, 6.45) is 0.200. The lowest BCUT2D eigenvalue weighted by molar-refractivity contribution is -0.122. The van der Waals surface area contributed by atoms with Gasteiger partial charge in [-0.25, -0.2) is 4.39 Å². The summed E-state index contributed by atoms with van der Waals surface area (Å²) in [6, 6.07) is 3.39. The molecular weight excluding hydrogens is 227 g/mol. The molecule has 5 N–H and O–H groups in total.